The molecule has 4 heteroatoms. The van der Waals surface area contributed by atoms with Crippen molar-refractivity contribution in [1.29, 1.82) is 0 Å². The highest BCUT2D eigenvalue weighted by molar-refractivity contribution is 5.94. The van der Waals surface area contributed by atoms with E-state index in [9.17, 15) is 9.18 Å². The van der Waals surface area contributed by atoms with E-state index in [1.807, 2.05) is 17.0 Å². The van der Waals surface area contributed by atoms with Gasteiger partial charge in [0.25, 0.3) is 5.91 Å². The Morgan fingerprint density at radius 1 is 1.17 bits per heavy atom. The molecule has 1 aromatic carbocycles. The van der Waals surface area contributed by atoms with Gasteiger partial charge >= 0.3 is 0 Å². The summed E-state index contributed by atoms with van der Waals surface area (Å²) in [6.45, 7) is 1.64. The molecule has 0 N–H and O–H groups in total. The molecular weight excluding hydrogens is 291 g/mol. The molecular formula is C19H21FN2O. The van der Waals surface area contributed by atoms with Gasteiger partial charge in [-0.25, -0.2) is 4.39 Å². The lowest BCUT2D eigenvalue weighted by molar-refractivity contribution is 0.0668. The molecule has 1 atom stereocenters. The maximum atomic E-state index is 12.9. The lowest BCUT2D eigenvalue weighted by Gasteiger charge is -2.33. The number of nitrogens with zero attached hydrogens (tertiary/aromatic N) is 2. The zero-order chi connectivity index (χ0) is 16.1. The number of aromatic nitrogens is 1. The largest absolute Gasteiger partial charge is 0.338 e. The van der Waals surface area contributed by atoms with Crippen molar-refractivity contribution in [2.45, 2.75) is 25.7 Å². The van der Waals surface area contributed by atoms with Gasteiger partial charge in [0.2, 0.25) is 0 Å². The normalized spacial score (nSPS) is 18.0. The van der Waals surface area contributed by atoms with E-state index in [1.165, 1.54) is 12.1 Å². The highest BCUT2D eigenvalue weighted by Gasteiger charge is 2.24. The van der Waals surface area contributed by atoms with Crippen molar-refractivity contribution >= 4 is 5.91 Å². The molecule has 23 heavy (non-hydrogen) atoms. The summed E-state index contributed by atoms with van der Waals surface area (Å²) in [5.74, 6) is 0.416. The number of benzene rings is 1. The van der Waals surface area contributed by atoms with Crippen LogP contribution in [0.1, 0.15) is 35.2 Å². The van der Waals surface area contributed by atoms with Crippen LogP contribution in [-0.2, 0) is 6.42 Å². The van der Waals surface area contributed by atoms with Crippen LogP contribution < -0.4 is 0 Å². The first-order chi connectivity index (χ1) is 11.2. The van der Waals surface area contributed by atoms with Crippen LogP contribution in [0.3, 0.4) is 0 Å². The number of pyridine rings is 1. The Balaban J connectivity index is 1.56. The molecule has 0 saturated carbocycles. The summed E-state index contributed by atoms with van der Waals surface area (Å²) in [4.78, 5) is 18.4. The third-order valence-corrected chi connectivity index (χ3v) is 4.49. The first kappa shape index (κ1) is 15.7. The molecule has 0 aliphatic carbocycles. The number of hydrogen-bond donors (Lipinski definition) is 0. The molecule has 1 fully saturated rings. The van der Waals surface area contributed by atoms with Gasteiger partial charge < -0.3 is 4.90 Å². The second-order valence-electron chi connectivity index (χ2n) is 6.16. The van der Waals surface area contributed by atoms with E-state index in [1.54, 1.807) is 24.5 Å². The Morgan fingerprint density at radius 3 is 2.65 bits per heavy atom. The Kier molecular flexibility index (Phi) is 5.01. The van der Waals surface area contributed by atoms with Crippen LogP contribution in [0.25, 0.3) is 0 Å². The van der Waals surface area contributed by atoms with Crippen molar-refractivity contribution in [3.63, 3.8) is 0 Å². The second kappa shape index (κ2) is 7.36. The average Bonchev–Trinajstić information content (AvgIpc) is 2.61. The molecule has 1 aliphatic heterocycles. The fourth-order valence-electron chi connectivity index (χ4n) is 3.18. The van der Waals surface area contributed by atoms with Gasteiger partial charge in [0.1, 0.15) is 5.82 Å². The van der Waals surface area contributed by atoms with Gasteiger partial charge in [0.15, 0.2) is 0 Å². The first-order valence-electron chi connectivity index (χ1n) is 8.16. The second-order valence-corrected chi connectivity index (χ2v) is 6.16. The van der Waals surface area contributed by atoms with Crippen LogP contribution in [0, 0.1) is 11.7 Å². The minimum atomic E-state index is -0.194. The van der Waals surface area contributed by atoms with Crippen LogP contribution in [0.2, 0.25) is 0 Å². The maximum absolute atomic E-state index is 12.9. The number of hydrogen-bond acceptors (Lipinski definition) is 2. The molecule has 120 valence electrons. The average molecular weight is 312 g/mol. The predicted molar refractivity (Wildman–Crippen MR) is 87.6 cm³/mol. The predicted octanol–water partition coefficient (Wildman–Crippen LogP) is 3.71. The molecule has 1 aromatic heterocycles. The topological polar surface area (TPSA) is 33.2 Å². The van der Waals surface area contributed by atoms with Gasteiger partial charge in [-0.2, -0.15) is 0 Å². The van der Waals surface area contributed by atoms with Gasteiger partial charge in [0, 0.05) is 31.0 Å². The van der Waals surface area contributed by atoms with Crippen molar-refractivity contribution in [2.75, 3.05) is 13.1 Å². The monoisotopic (exact) mass is 312 g/mol. The van der Waals surface area contributed by atoms with E-state index in [0.29, 0.717) is 11.5 Å². The van der Waals surface area contributed by atoms with Crippen molar-refractivity contribution in [3.05, 3.63) is 65.7 Å². The molecule has 1 saturated heterocycles. The Labute approximate surface area is 136 Å². The van der Waals surface area contributed by atoms with Crippen molar-refractivity contribution in [1.82, 2.24) is 9.88 Å². The van der Waals surface area contributed by atoms with Gasteiger partial charge in [-0.15, -0.1) is 0 Å². The molecule has 3 nitrogen and oxygen atoms in total. The molecule has 1 unspecified atom stereocenters. The lowest BCUT2D eigenvalue weighted by Crippen LogP contribution is -2.40. The van der Waals surface area contributed by atoms with Crippen LogP contribution >= 0.6 is 0 Å². The van der Waals surface area contributed by atoms with Gasteiger partial charge in [0.05, 0.1) is 0 Å². The Hall–Kier alpha value is -2.23. The molecule has 0 bridgehead atoms. The number of likely N-dealkylation sites (tertiary alicyclic amines) is 1. The minimum absolute atomic E-state index is 0.0962. The summed E-state index contributed by atoms with van der Waals surface area (Å²) in [5.41, 5.74) is 1.86. The minimum Gasteiger partial charge on any atom is -0.338 e. The van der Waals surface area contributed by atoms with Gasteiger partial charge in [-0.3, -0.25) is 9.78 Å². The van der Waals surface area contributed by atoms with E-state index < -0.39 is 0 Å². The highest BCUT2D eigenvalue weighted by atomic mass is 19.1. The van der Waals surface area contributed by atoms with E-state index in [-0.39, 0.29) is 11.7 Å². The number of carbonyl (C=O) groups is 1. The molecule has 2 aromatic rings. The zero-order valence-corrected chi connectivity index (χ0v) is 13.1. The smallest absolute Gasteiger partial charge is 0.253 e. The van der Waals surface area contributed by atoms with E-state index >= 15 is 0 Å². The van der Waals surface area contributed by atoms with Gasteiger partial charge in [-0.05, 0) is 61.4 Å². The third kappa shape index (κ3) is 4.15. The van der Waals surface area contributed by atoms with E-state index in [0.717, 1.165) is 44.3 Å². The lowest BCUT2D eigenvalue weighted by atomic mass is 9.91. The first-order valence-corrected chi connectivity index (χ1v) is 8.16. The highest BCUT2D eigenvalue weighted by Crippen LogP contribution is 2.23. The number of aryl methyl sites for hydroxylation is 1. The maximum Gasteiger partial charge on any atom is 0.253 e. The summed E-state index contributed by atoms with van der Waals surface area (Å²) in [6, 6.07) is 10.2. The van der Waals surface area contributed by atoms with E-state index in [4.69, 9.17) is 0 Å². The SMILES string of the molecule is O=C(c1ccncc1)N1CCCC(CCc2ccc(F)cc2)C1. The van der Waals surface area contributed by atoms with Crippen molar-refractivity contribution in [2.24, 2.45) is 5.92 Å². The van der Waals surface area contributed by atoms with Gasteiger partial charge in [-0.1, -0.05) is 12.1 Å². The number of carbonyl (C=O) groups excluding carboxylic acids is 1. The number of halogens is 1. The quantitative estimate of drug-likeness (QED) is 0.862. The Morgan fingerprint density at radius 2 is 1.91 bits per heavy atom. The summed E-state index contributed by atoms with van der Waals surface area (Å²) < 4.78 is 12.9. The zero-order valence-electron chi connectivity index (χ0n) is 13.1. The number of amides is 1. The van der Waals surface area contributed by atoms with Crippen molar-refractivity contribution < 1.29 is 9.18 Å². The Bertz CT molecular complexity index is 642. The van der Waals surface area contributed by atoms with E-state index in [2.05, 4.69) is 4.98 Å². The summed E-state index contributed by atoms with van der Waals surface area (Å²) >= 11 is 0. The fraction of sp³-hybridized carbons (Fsp3) is 0.368. The summed E-state index contributed by atoms with van der Waals surface area (Å²) in [5, 5.41) is 0. The third-order valence-electron chi connectivity index (χ3n) is 4.49. The molecule has 2 heterocycles. The molecule has 1 aliphatic rings. The van der Waals surface area contributed by atoms with Crippen LogP contribution in [0.4, 0.5) is 4.39 Å². The number of rotatable bonds is 4. The van der Waals surface area contributed by atoms with Crippen LogP contribution in [-0.4, -0.2) is 28.9 Å². The molecule has 1 amide bonds. The standard InChI is InChI=1S/C19H21FN2O/c20-18-7-5-15(6-8-18)3-4-16-2-1-13-22(14-16)19(23)17-9-11-21-12-10-17/h5-12,16H,1-4,13-14H2. The number of piperidine rings is 1. The van der Waals surface area contributed by atoms with Crippen LogP contribution in [0.5, 0.6) is 0 Å². The molecule has 0 spiro atoms. The molecule has 0 radical (unpaired) electrons. The summed E-state index contributed by atoms with van der Waals surface area (Å²) in [7, 11) is 0. The molecule has 3 rings (SSSR count). The summed E-state index contributed by atoms with van der Waals surface area (Å²) in [6.07, 6.45) is 7.48. The fourth-order valence-corrected chi connectivity index (χ4v) is 3.18. The van der Waals surface area contributed by atoms with Crippen LogP contribution in [0.15, 0.2) is 48.8 Å². The van der Waals surface area contributed by atoms with Crippen molar-refractivity contribution in [3.8, 4) is 0 Å².